The number of carbonyl (C=O) groups is 1. The standard InChI is InChI=1S/C12H16N2O2/c1-12(2,3)7-9-11(15)14-10-8(16-9)5-4-6-13-10/h4-6,9H,7H2,1-3H3,(H,13,14,15). The van der Waals surface area contributed by atoms with E-state index < -0.39 is 6.10 Å². The van der Waals surface area contributed by atoms with Gasteiger partial charge in [-0.2, -0.15) is 0 Å². The molecule has 4 heteroatoms. The summed E-state index contributed by atoms with van der Waals surface area (Å²) in [6.07, 6.45) is 1.90. The van der Waals surface area contributed by atoms with E-state index in [4.69, 9.17) is 4.74 Å². The number of anilines is 1. The SMILES string of the molecule is CC(C)(C)CC1Oc2cccnc2NC1=O. The lowest BCUT2D eigenvalue weighted by molar-refractivity contribution is -0.124. The molecule has 1 aromatic heterocycles. The lowest BCUT2D eigenvalue weighted by Gasteiger charge is -2.29. The van der Waals surface area contributed by atoms with Gasteiger partial charge in [-0.1, -0.05) is 20.8 Å². The van der Waals surface area contributed by atoms with Crippen LogP contribution in [0.5, 0.6) is 5.75 Å². The van der Waals surface area contributed by atoms with E-state index in [1.54, 1.807) is 12.3 Å². The molecule has 0 aliphatic carbocycles. The summed E-state index contributed by atoms with van der Waals surface area (Å²) in [4.78, 5) is 15.8. The molecule has 0 saturated heterocycles. The van der Waals surface area contributed by atoms with Crippen LogP contribution in [-0.4, -0.2) is 17.0 Å². The maximum Gasteiger partial charge on any atom is 0.266 e. The number of hydrogen-bond acceptors (Lipinski definition) is 3. The van der Waals surface area contributed by atoms with Gasteiger partial charge in [0.1, 0.15) is 0 Å². The van der Waals surface area contributed by atoms with Crippen LogP contribution >= 0.6 is 0 Å². The van der Waals surface area contributed by atoms with Gasteiger partial charge >= 0.3 is 0 Å². The molecule has 0 fully saturated rings. The van der Waals surface area contributed by atoms with Crippen LogP contribution in [-0.2, 0) is 4.79 Å². The fourth-order valence-corrected chi connectivity index (χ4v) is 1.67. The number of ether oxygens (including phenoxy) is 1. The average molecular weight is 220 g/mol. The fourth-order valence-electron chi connectivity index (χ4n) is 1.67. The van der Waals surface area contributed by atoms with E-state index >= 15 is 0 Å². The van der Waals surface area contributed by atoms with Crippen LogP contribution in [0.4, 0.5) is 5.82 Å². The second kappa shape index (κ2) is 3.77. The van der Waals surface area contributed by atoms with Crippen molar-refractivity contribution in [2.45, 2.75) is 33.3 Å². The highest BCUT2D eigenvalue weighted by molar-refractivity contribution is 5.96. The summed E-state index contributed by atoms with van der Waals surface area (Å²) in [5.74, 6) is 1.05. The minimum atomic E-state index is -0.420. The predicted octanol–water partition coefficient (Wildman–Crippen LogP) is 2.22. The highest BCUT2D eigenvalue weighted by atomic mass is 16.5. The van der Waals surface area contributed by atoms with Crippen LogP contribution in [0.3, 0.4) is 0 Å². The monoisotopic (exact) mass is 220 g/mol. The van der Waals surface area contributed by atoms with Gasteiger partial charge < -0.3 is 10.1 Å². The van der Waals surface area contributed by atoms with Crippen LogP contribution in [0.15, 0.2) is 18.3 Å². The minimum absolute atomic E-state index is 0.0573. The molecule has 1 atom stereocenters. The van der Waals surface area contributed by atoms with Crippen LogP contribution in [0.1, 0.15) is 27.2 Å². The molecule has 4 nitrogen and oxygen atoms in total. The smallest absolute Gasteiger partial charge is 0.266 e. The maximum atomic E-state index is 11.8. The molecular weight excluding hydrogens is 204 g/mol. The van der Waals surface area contributed by atoms with E-state index in [0.717, 1.165) is 0 Å². The molecule has 1 unspecified atom stereocenters. The minimum Gasteiger partial charge on any atom is -0.477 e. The molecule has 1 N–H and O–H groups in total. The topological polar surface area (TPSA) is 51.2 Å². The van der Waals surface area contributed by atoms with Crippen LogP contribution in [0, 0.1) is 5.41 Å². The van der Waals surface area contributed by atoms with Crippen LogP contribution in [0.25, 0.3) is 0 Å². The highest BCUT2D eigenvalue weighted by Gasteiger charge is 2.31. The molecule has 0 spiro atoms. The van der Waals surface area contributed by atoms with Gasteiger partial charge in [0.2, 0.25) is 0 Å². The first-order valence-corrected chi connectivity index (χ1v) is 5.38. The van der Waals surface area contributed by atoms with E-state index in [1.165, 1.54) is 0 Å². The second-order valence-electron chi connectivity index (χ2n) is 5.21. The Kier molecular flexibility index (Phi) is 2.58. The summed E-state index contributed by atoms with van der Waals surface area (Å²) >= 11 is 0. The van der Waals surface area contributed by atoms with Crippen molar-refractivity contribution in [2.75, 3.05) is 5.32 Å². The van der Waals surface area contributed by atoms with Gasteiger partial charge in [-0.15, -0.1) is 0 Å². The van der Waals surface area contributed by atoms with E-state index in [0.29, 0.717) is 18.0 Å². The molecule has 1 aliphatic rings. The van der Waals surface area contributed by atoms with E-state index in [9.17, 15) is 4.79 Å². The Morgan fingerprint density at radius 1 is 1.50 bits per heavy atom. The number of fused-ring (bicyclic) bond motifs is 1. The van der Waals surface area contributed by atoms with Crippen LogP contribution < -0.4 is 10.1 Å². The number of pyridine rings is 1. The average Bonchev–Trinajstić information content (AvgIpc) is 2.17. The summed E-state index contributed by atoms with van der Waals surface area (Å²) in [6.45, 7) is 6.26. The zero-order valence-corrected chi connectivity index (χ0v) is 9.78. The Bertz CT molecular complexity index is 410. The summed E-state index contributed by atoms with van der Waals surface area (Å²) in [5, 5.41) is 2.76. The Morgan fingerprint density at radius 3 is 2.94 bits per heavy atom. The van der Waals surface area contributed by atoms with E-state index in [2.05, 4.69) is 31.1 Å². The molecule has 1 aromatic rings. The first-order chi connectivity index (χ1) is 7.46. The third-order valence-electron chi connectivity index (χ3n) is 2.37. The molecule has 0 saturated carbocycles. The predicted molar refractivity (Wildman–Crippen MR) is 61.4 cm³/mol. The number of amides is 1. The maximum absolute atomic E-state index is 11.8. The molecule has 1 aliphatic heterocycles. The molecule has 1 amide bonds. The van der Waals surface area contributed by atoms with Crippen LogP contribution in [0.2, 0.25) is 0 Å². The van der Waals surface area contributed by atoms with Gasteiger partial charge in [0.15, 0.2) is 17.7 Å². The largest absolute Gasteiger partial charge is 0.477 e. The number of rotatable bonds is 1. The van der Waals surface area contributed by atoms with Gasteiger partial charge in [-0.3, -0.25) is 4.79 Å². The lowest BCUT2D eigenvalue weighted by Crippen LogP contribution is -2.39. The van der Waals surface area contributed by atoms with Gasteiger partial charge in [-0.05, 0) is 24.0 Å². The van der Waals surface area contributed by atoms with E-state index in [-0.39, 0.29) is 11.3 Å². The molecule has 16 heavy (non-hydrogen) atoms. The number of nitrogens with zero attached hydrogens (tertiary/aromatic N) is 1. The Labute approximate surface area is 95.0 Å². The molecule has 0 aromatic carbocycles. The molecule has 2 heterocycles. The summed E-state index contributed by atoms with van der Waals surface area (Å²) < 4.78 is 5.65. The zero-order valence-electron chi connectivity index (χ0n) is 9.78. The highest BCUT2D eigenvalue weighted by Crippen LogP contribution is 2.31. The summed E-state index contributed by atoms with van der Waals surface area (Å²) in [7, 11) is 0. The van der Waals surface area contributed by atoms with Gasteiger partial charge in [0.25, 0.3) is 5.91 Å². The van der Waals surface area contributed by atoms with Crippen molar-refractivity contribution >= 4 is 11.7 Å². The van der Waals surface area contributed by atoms with Gasteiger partial charge in [-0.25, -0.2) is 4.98 Å². The normalized spacial score (nSPS) is 19.7. The molecule has 86 valence electrons. The number of nitrogens with one attached hydrogen (secondary N) is 1. The molecule has 0 bridgehead atoms. The van der Waals surface area contributed by atoms with Crippen molar-refractivity contribution in [3.63, 3.8) is 0 Å². The first kappa shape index (κ1) is 10.9. The quantitative estimate of drug-likeness (QED) is 0.789. The lowest BCUT2D eigenvalue weighted by atomic mass is 9.88. The summed E-state index contributed by atoms with van der Waals surface area (Å²) in [6, 6.07) is 3.61. The first-order valence-electron chi connectivity index (χ1n) is 5.38. The third kappa shape index (κ3) is 2.32. The Morgan fingerprint density at radius 2 is 2.25 bits per heavy atom. The Hall–Kier alpha value is -1.58. The molecule has 0 radical (unpaired) electrons. The van der Waals surface area contributed by atoms with Crippen molar-refractivity contribution in [1.29, 1.82) is 0 Å². The molecular formula is C12H16N2O2. The van der Waals surface area contributed by atoms with Crippen molar-refractivity contribution < 1.29 is 9.53 Å². The third-order valence-corrected chi connectivity index (χ3v) is 2.37. The van der Waals surface area contributed by atoms with Crippen molar-refractivity contribution in [1.82, 2.24) is 4.98 Å². The van der Waals surface area contributed by atoms with Gasteiger partial charge in [0.05, 0.1) is 0 Å². The summed E-state index contributed by atoms with van der Waals surface area (Å²) in [5.41, 5.74) is 0.0573. The number of aromatic nitrogens is 1. The van der Waals surface area contributed by atoms with Crippen molar-refractivity contribution in [3.8, 4) is 5.75 Å². The van der Waals surface area contributed by atoms with E-state index in [1.807, 2.05) is 6.07 Å². The van der Waals surface area contributed by atoms with Crippen molar-refractivity contribution in [2.24, 2.45) is 5.41 Å². The number of carbonyl (C=O) groups excluding carboxylic acids is 1. The second-order valence-corrected chi connectivity index (χ2v) is 5.21. The number of hydrogen-bond donors (Lipinski definition) is 1. The fraction of sp³-hybridized carbons (Fsp3) is 0.500. The van der Waals surface area contributed by atoms with Gasteiger partial charge in [0, 0.05) is 6.20 Å². The molecule has 2 rings (SSSR count). The van der Waals surface area contributed by atoms with Crippen molar-refractivity contribution in [3.05, 3.63) is 18.3 Å². The Balaban J connectivity index is 2.18. The zero-order chi connectivity index (χ0) is 11.8.